The van der Waals surface area contributed by atoms with Gasteiger partial charge in [-0.1, -0.05) is 0 Å². The van der Waals surface area contributed by atoms with Crippen LogP contribution in [0.25, 0.3) is 0 Å². The molecule has 110 valence electrons. The average molecular weight is 360 g/mol. The van der Waals surface area contributed by atoms with Gasteiger partial charge in [0.15, 0.2) is 0 Å². The van der Waals surface area contributed by atoms with Crippen LogP contribution in [-0.2, 0) is 18.6 Å². The first-order valence-electron chi connectivity index (χ1n) is 5.08. The maximum atomic E-state index is 11.4. The van der Waals surface area contributed by atoms with Crippen LogP contribution < -0.4 is 10.6 Å². The van der Waals surface area contributed by atoms with Gasteiger partial charge in [0.25, 0.3) is 9.05 Å². The van der Waals surface area contributed by atoms with Crippen molar-refractivity contribution in [3.8, 4) is 0 Å². The largest absolute Gasteiger partial charge is 0.325 e. The van der Waals surface area contributed by atoms with Crippen molar-refractivity contribution < 1.29 is 18.0 Å². The molecule has 20 heavy (non-hydrogen) atoms. The van der Waals surface area contributed by atoms with E-state index in [1.165, 1.54) is 12.1 Å². The summed E-state index contributed by atoms with van der Waals surface area (Å²) in [6, 6.07) is 3.70. The molecule has 0 atom stereocenters. The summed E-state index contributed by atoms with van der Waals surface area (Å²) < 4.78 is 22.8. The first-order chi connectivity index (χ1) is 9.27. The molecule has 1 rings (SSSR count). The van der Waals surface area contributed by atoms with Gasteiger partial charge in [-0.05, 0) is 18.2 Å². The average Bonchev–Trinajstić information content (AvgIpc) is 2.37. The van der Waals surface area contributed by atoms with Crippen LogP contribution in [0.4, 0.5) is 11.4 Å². The first kappa shape index (κ1) is 17.0. The highest BCUT2D eigenvalue weighted by Crippen LogP contribution is 2.28. The number of alkyl halides is 2. The number of rotatable bonds is 5. The number of carbonyl (C=O) groups excluding carboxylic acids is 2. The molecule has 0 bridgehead atoms. The third kappa shape index (κ3) is 4.82. The molecule has 6 nitrogen and oxygen atoms in total. The van der Waals surface area contributed by atoms with Crippen molar-refractivity contribution >= 4 is 66.1 Å². The third-order valence-corrected chi connectivity index (χ3v) is 3.91. The zero-order chi connectivity index (χ0) is 15.3. The number of halogens is 3. The van der Waals surface area contributed by atoms with Gasteiger partial charge >= 0.3 is 0 Å². The fourth-order valence-corrected chi connectivity index (χ4v) is 2.44. The molecule has 0 heterocycles. The monoisotopic (exact) mass is 358 g/mol. The molecule has 10 heteroatoms. The molecular weight excluding hydrogens is 351 g/mol. The Hall–Kier alpha value is -1.02. The normalized spacial score (nSPS) is 10.9. The van der Waals surface area contributed by atoms with E-state index in [4.69, 9.17) is 33.9 Å². The zero-order valence-electron chi connectivity index (χ0n) is 9.82. The van der Waals surface area contributed by atoms with Gasteiger partial charge in [-0.15, -0.1) is 23.2 Å². The molecule has 1 aromatic rings. The molecule has 0 aliphatic carbocycles. The Labute approximate surface area is 129 Å². The number of hydrogen-bond donors (Lipinski definition) is 2. The van der Waals surface area contributed by atoms with E-state index in [1.54, 1.807) is 0 Å². The Kier molecular flexibility index (Phi) is 6.07. The second-order valence-electron chi connectivity index (χ2n) is 3.51. The van der Waals surface area contributed by atoms with Gasteiger partial charge in [0.1, 0.15) is 16.7 Å². The molecule has 0 saturated carbocycles. The van der Waals surface area contributed by atoms with E-state index in [-0.39, 0.29) is 28.0 Å². The highest BCUT2D eigenvalue weighted by atomic mass is 35.7. The van der Waals surface area contributed by atoms with Crippen LogP contribution in [0, 0.1) is 0 Å². The van der Waals surface area contributed by atoms with Crippen molar-refractivity contribution in [3.63, 3.8) is 0 Å². The zero-order valence-corrected chi connectivity index (χ0v) is 12.9. The van der Waals surface area contributed by atoms with Crippen LogP contribution >= 0.6 is 33.9 Å². The quantitative estimate of drug-likeness (QED) is 0.621. The Morgan fingerprint density at radius 1 is 1.05 bits per heavy atom. The number of carbonyl (C=O) groups is 2. The minimum Gasteiger partial charge on any atom is -0.325 e. The van der Waals surface area contributed by atoms with Crippen molar-refractivity contribution in [2.24, 2.45) is 0 Å². The number of nitrogens with one attached hydrogen (secondary N) is 2. The maximum absolute atomic E-state index is 11.4. The van der Waals surface area contributed by atoms with Gasteiger partial charge in [-0.2, -0.15) is 0 Å². The number of hydrogen-bond acceptors (Lipinski definition) is 4. The van der Waals surface area contributed by atoms with Crippen LogP contribution in [0.1, 0.15) is 0 Å². The Morgan fingerprint density at radius 2 is 1.60 bits per heavy atom. The number of amides is 2. The summed E-state index contributed by atoms with van der Waals surface area (Å²) in [5.74, 6) is -1.73. The highest BCUT2D eigenvalue weighted by Gasteiger charge is 2.18. The fourth-order valence-electron chi connectivity index (χ4n) is 1.30. The van der Waals surface area contributed by atoms with Gasteiger partial charge in [-0.3, -0.25) is 9.59 Å². The molecule has 0 fully saturated rings. The Morgan fingerprint density at radius 3 is 2.10 bits per heavy atom. The van der Waals surface area contributed by atoms with Gasteiger partial charge in [0.2, 0.25) is 11.8 Å². The molecular formula is C10H9Cl3N2O4S. The number of anilines is 2. The van der Waals surface area contributed by atoms with Crippen molar-refractivity contribution in [3.05, 3.63) is 18.2 Å². The molecule has 1 aromatic carbocycles. The lowest BCUT2D eigenvalue weighted by atomic mass is 10.2. The van der Waals surface area contributed by atoms with Gasteiger partial charge in [-0.25, -0.2) is 8.42 Å². The van der Waals surface area contributed by atoms with Gasteiger partial charge in [0.05, 0.1) is 5.69 Å². The lowest BCUT2D eigenvalue weighted by molar-refractivity contribution is -0.114. The third-order valence-electron chi connectivity index (χ3n) is 2.04. The van der Waals surface area contributed by atoms with Crippen LogP contribution in [0.3, 0.4) is 0 Å². The maximum Gasteiger partial charge on any atom is 0.263 e. The Balaban J connectivity index is 3.21. The van der Waals surface area contributed by atoms with E-state index in [2.05, 4.69) is 10.6 Å². The molecule has 0 unspecified atom stereocenters. The van der Waals surface area contributed by atoms with Crippen LogP contribution in [0.2, 0.25) is 0 Å². The first-order valence-corrected chi connectivity index (χ1v) is 8.46. The second-order valence-corrected chi connectivity index (χ2v) is 6.58. The molecule has 0 aliphatic heterocycles. The molecule has 0 aromatic heterocycles. The van der Waals surface area contributed by atoms with Crippen molar-refractivity contribution in [2.45, 2.75) is 4.90 Å². The van der Waals surface area contributed by atoms with Crippen molar-refractivity contribution in [1.82, 2.24) is 0 Å². The summed E-state index contributed by atoms with van der Waals surface area (Å²) in [4.78, 5) is 22.1. The van der Waals surface area contributed by atoms with E-state index < -0.39 is 20.9 Å². The highest BCUT2D eigenvalue weighted by molar-refractivity contribution is 8.13. The van der Waals surface area contributed by atoms with Gasteiger partial charge < -0.3 is 10.6 Å². The summed E-state index contributed by atoms with van der Waals surface area (Å²) in [6.07, 6.45) is 0. The number of benzene rings is 1. The SMILES string of the molecule is O=C(CCl)Nc1ccc(S(=O)(=O)Cl)c(NC(=O)CCl)c1. The van der Waals surface area contributed by atoms with Crippen LogP contribution in [-0.4, -0.2) is 32.0 Å². The molecule has 2 N–H and O–H groups in total. The minimum atomic E-state index is -4.06. The van der Waals surface area contributed by atoms with Crippen molar-refractivity contribution in [2.75, 3.05) is 22.4 Å². The lowest BCUT2D eigenvalue weighted by Crippen LogP contribution is -2.16. The molecule has 0 spiro atoms. The van der Waals surface area contributed by atoms with Crippen LogP contribution in [0.15, 0.2) is 23.1 Å². The van der Waals surface area contributed by atoms with Gasteiger partial charge in [0, 0.05) is 16.4 Å². The summed E-state index contributed by atoms with van der Waals surface area (Å²) in [6.45, 7) is 0. The predicted octanol–water partition coefficient (Wildman–Crippen LogP) is 1.97. The summed E-state index contributed by atoms with van der Waals surface area (Å²) in [7, 11) is 1.19. The molecule has 0 radical (unpaired) electrons. The molecule has 0 aliphatic rings. The van der Waals surface area contributed by atoms with E-state index in [0.29, 0.717) is 0 Å². The van der Waals surface area contributed by atoms with E-state index in [0.717, 1.165) is 6.07 Å². The summed E-state index contributed by atoms with van der Waals surface area (Å²) in [5, 5.41) is 4.69. The second kappa shape index (κ2) is 7.12. The molecule has 0 saturated heterocycles. The predicted molar refractivity (Wildman–Crippen MR) is 78.2 cm³/mol. The lowest BCUT2D eigenvalue weighted by Gasteiger charge is -2.11. The molecule has 2 amide bonds. The standard InChI is InChI=1S/C10H9Cl3N2O4S/c11-4-9(16)14-6-1-2-8(20(13,18)19)7(3-6)15-10(17)5-12/h1-3H,4-5H2,(H,14,16)(H,15,17). The Bertz CT molecular complexity index is 633. The minimum absolute atomic E-state index is 0.0852. The van der Waals surface area contributed by atoms with Crippen molar-refractivity contribution in [1.29, 1.82) is 0 Å². The van der Waals surface area contributed by atoms with E-state index in [1.807, 2.05) is 0 Å². The van der Waals surface area contributed by atoms with E-state index in [9.17, 15) is 18.0 Å². The van der Waals surface area contributed by atoms with Crippen LogP contribution in [0.5, 0.6) is 0 Å². The fraction of sp³-hybridized carbons (Fsp3) is 0.200. The smallest absolute Gasteiger partial charge is 0.263 e. The topological polar surface area (TPSA) is 92.3 Å². The van der Waals surface area contributed by atoms with E-state index >= 15 is 0 Å². The summed E-state index contributed by atoms with van der Waals surface area (Å²) >= 11 is 10.7. The summed E-state index contributed by atoms with van der Waals surface area (Å²) in [5.41, 5.74) is 0.169.